The topological polar surface area (TPSA) is 89.6 Å². The number of benzene rings is 1. The summed E-state index contributed by atoms with van der Waals surface area (Å²) in [6.07, 6.45) is 0.787. The Morgan fingerprint density at radius 3 is 2.67 bits per heavy atom. The maximum absolute atomic E-state index is 10.8. The predicted octanol–water partition coefficient (Wildman–Crippen LogP) is 1.30. The molecule has 0 aliphatic heterocycles. The minimum atomic E-state index is -4.20. The largest absolute Gasteiger partial charge is 0.491 e. The third-order valence-electron chi connectivity index (χ3n) is 1.74. The third-order valence-corrected chi connectivity index (χ3v) is 2.59. The molecule has 0 unspecified atom stereocenters. The van der Waals surface area contributed by atoms with Crippen molar-refractivity contribution in [1.82, 2.24) is 0 Å². The van der Waals surface area contributed by atoms with Crippen molar-refractivity contribution in [3.63, 3.8) is 0 Å². The molecule has 15 heavy (non-hydrogen) atoms. The molecule has 0 heterocycles. The van der Waals surface area contributed by atoms with Crippen LogP contribution in [0, 0.1) is 0 Å². The molecule has 3 N–H and O–H groups in total. The van der Waals surface area contributed by atoms with Gasteiger partial charge in [0, 0.05) is 6.07 Å². The predicted molar refractivity (Wildman–Crippen MR) is 56.5 cm³/mol. The number of hydrogen-bond donors (Lipinski definition) is 2. The summed E-state index contributed by atoms with van der Waals surface area (Å²) in [6.45, 7) is 2.36. The van der Waals surface area contributed by atoms with Gasteiger partial charge in [0.1, 0.15) is 5.75 Å². The van der Waals surface area contributed by atoms with E-state index in [2.05, 4.69) is 0 Å². The van der Waals surface area contributed by atoms with E-state index < -0.39 is 10.1 Å². The number of nitrogen functional groups attached to an aromatic ring is 1. The van der Waals surface area contributed by atoms with Crippen molar-refractivity contribution >= 4 is 15.8 Å². The highest BCUT2D eigenvalue weighted by Crippen LogP contribution is 2.25. The first-order chi connectivity index (χ1) is 6.95. The van der Waals surface area contributed by atoms with E-state index >= 15 is 0 Å². The molecule has 84 valence electrons. The number of hydrogen-bond acceptors (Lipinski definition) is 4. The quantitative estimate of drug-likeness (QED) is 0.602. The Morgan fingerprint density at radius 1 is 1.47 bits per heavy atom. The second-order valence-electron chi connectivity index (χ2n) is 3.02. The molecule has 6 heteroatoms. The van der Waals surface area contributed by atoms with Gasteiger partial charge in [0.15, 0.2) is 0 Å². The Labute approximate surface area is 88.6 Å². The van der Waals surface area contributed by atoms with E-state index in [9.17, 15) is 8.42 Å². The lowest BCUT2D eigenvalue weighted by Crippen LogP contribution is -2.03. The lowest BCUT2D eigenvalue weighted by Gasteiger charge is -2.08. The lowest BCUT2D eigenvalue weighted by atomic mass is 10.3. The third kappa shape index (κ3) is 3.10. The maximum Gasteiger partial charge on any atom is 0.294 e. The zero-order valence-corrected chi connectivity index (χ0v) is 9.12. The van der Waals surface area contributed by atoms with Gasteiger partial charge >= 0.3 is 0 Å². The first-order valence-electron chi connectivity index (χ1n) is 4.45. The molecular weight excluding hydrogens is 218 g/mol. The van der Waals surface area contributed by atoms with Gasteiger partial charge in [0.05, 0.1) is 17.2 Å². The standard InChI is InChI=1S/C9H13NO4S/c1-2-5-14-9-6-7(15(11,12)13)3-4-8(9)10/h3-4,6H,2,5,10H2,1H3,(H,11,12,13). The van der Waals surface area contributed by atoms with Crippen LogP contribution in [0.3, 0.4) is 0 Å². The molecule has 0 aromatic heterocycles. The normalized spacial score (nSPS) is 11.3. The molecule has 5 nitrogen and oxygen atoms in total. The van der Waals surface area contributed by atoms with E-state index in [1.165, 1.54) is 18.2 Å². The Balaban J connectivity index is 3.06. The van der Waals surface area contributed by atoms with Crippen molar-refractivity contribution in [2.75, 3.05) is 12.3 Å². The molecular formula is C9H13NO4S. The van der Waals surface area contributed by atoms with Crippen LogP contribution in [0.15, 0.2) is 23.1 Å². The highest BCUT2D eigenvalue weighted by molar-refractivity contribution is 7.85. The van der Waals surface area contributed by atoms with Gasteiger partial charge in [-0.1, -0.05) is 6.92 Å². The summed E-state index contributed by atoms with van der Waals surface area (Å²) in [6, 6.07) is 3.82. The highest BCUT2D eigenvalue weighted by atomic mass is 32.2. The monoisotopic (exact) mass is 231 g/mol. The summed E-state index contributed by atoms with van der Waals surface area (Å²) in [5, 5.41) is 0. The van der Waals surface area contributed by atoms with Crippen molar-refractivity contribution in [3.05, 3.63) is 18.2 Å². The van der Waals surface area contributed by atoms with Gasteiger partial charge in [0.25, 0.3) is 10.1 Å². The van der Waals surface area contributed by atoms with Gasteiger partial charge in [0.2, 0.25) is 0 Å². The summed E-state index contributed by atoms with van der Waals surface area (Å²) in [7, 11) is -4.20. The minimum Gasteiger partial charge on any atom is -0.491 e. The van der Waals surface area contributed by atoms with Crippen LogP contribution < -0.4 is 10.5 Å². The van der Waals surface area contributed by atoms with Gasteiger partial charge in [-0.3, -0.25) is 4.55 Å². The Morgan fingerprint density at radius 2 is 2.13 bits per heavy atom. The fourth-order valence-electron chi connectivity index (χ4n) is 1.01. The second-order valence-corrected chi connectivity index (χ2v) is 4.44. The van der Waals surface area contributed by atoms with Crippen molar-refractivity contribution in [2.45, 2.75) is 18.2 Å². The van der Waals surface area contributed by atoms with Crippen molar-refractivity contribution in [1.29, 1.82) is 0 Å². The van der Waals surface area contributed by atoms with Crippen LogP contribution in [0.5, 0.6) is 5.75 Å². The molecule has 0 aliphatic rings. The molecule has 0 saturated carbocycles. The smallest absolute Gasteiger partial charge is 0.294 e. The summed E-state index contributed by atoms with van der Waals surface area (Å²) in [5.41, 5.74) is 5.92. The Bertz CT molecular complexity index is 441. The van der Waals surface area contributed by atoms with E-state index in [1.807, 2.05) is 6.92 Å². The molecule has 0 bridgehead atoms. The fraction of sp³-hybridized carbons (Fsp3) is 0.333. The average molecular weight is 231 g/mol. The van der Waals surface area contributed by atoms with Gasteiger partial charge in [-0.25, -0.2) is 0 Å². The first kappa shape index (κ1) is 11.8. The van der Waals surface area contributed by atoms with Crippen LogP contribution in [0.1, 0.15) is 13.3 Å². The van der Waals surface area contributed by atoms with Crippen molar-refractivity contribution in [2.24, 2.45) is 0 Å². The number of rotatable bonds is 4. The van der Waals surface area contributed by atoms with Crippen LogP contribution in [0.4, 0.5) is 5.69 Å². The fourth-order valence-corrected chi connectivity index (χ4v) is 1.51. The first-order valence-corrected chi connectivity index (χ1v) is 5.89. The van der Waals surface area contributed by atoms with Crippen molar-refractivity contribution < 1.29 is 17.7 Å². The number of nitrogens with two attached hydrogens (primary N) is 1. The molecule has 0 aliphatic carbocycles. The lowest BCUT2D eigenvalue weighted by molar-refractivity contribution is 0.318. The zero-order chi connectivity index (χ0) is 11.5. The summed E-state index contributed by atoms with van der Waals surface area (Å²) in [5.74, 6) is 0.270. The average Bonchev–Trinajstić information content (AvgIpc) is 2.15. The minimum absolute atomic E-state index is 0.220. The molecule has 0 saturated heterocycles. The van der Waals surface area contributed by atoms with Gasteiger partial charge in [-0.15, -0.1) is 0 Å². The van der Waals surface area contributed by atoms with E-state index in [4.69, 9.17) is 15.0 Å². The number of anilines is 1. The van der Waals surface area contributed by atoms with Crippen LogP contribution in [0.25, 0.3) is 0 Å². The molecule has 0 atom stereocenters. The SMILES string of the molecule is CCCOc1cc(S(=O)(=O)O)ccc1N. The van der Waals surface area contributed by atoms with Gasteiger partial charge in [-0.2, -0.15) is 8.42 Å². The van der Waals surface area contributed by atoms with E-state index in [0.29, 0.717) is 12.3 Å². The molecule has 0 fully saturated rings. The van der Waals surface area contributed by atoms with E-state index in [0.717, 1.165) is 6.42 Å². The van der Waals surface area contributed by atoms with Crippen molar-refractivity contribution in [3.8, 4) is 5.75 Å². The van der Waals surface area contributed by atoms with Crippen LogP contribution in [-0.2, 0) is 10.1 Å². The Hall–Kier alpha value is -1.27. The maximum atomic E-state index is 10.8. The van der Waals surface area contributed by atoms with Crippen LogP contribution >= 0.6 is 0 Å². The molecule has 0 amide bonds. The zero-order valence-electron chi connectivity index (χ0n) is 8.30. The van der Waals surface area contributed by atoms with Crippen LogP contribution in [-0.4, -0.2) is 19.6 Å². The summed E-state index contributed by atoms with van der Waals surface area (Å²) < 4.78 is 35.7. The molecule has 1 aromatic rings. The highest BCUT2D eigenvalue weighted by Gasteiger charge is 2.12. The number of ether oxygens (including phenoxy) is 1. The molecule has 0 radical (unpaired) electrons. The van der Waals surface area contributed by atoms with Crippen LogP contribution in [0.2, 0.25) is 0 Å². The van der Waals surface area contributed by atoms with E-state index in [1.54, 1.807) is 0 Å². The molecule has 1 aromatic carbocycles. The molecule has 0 spiro atoms. The Kier molecular flexibility index (Phi) is 3.54. The van der Waals surface area contributed by atoms with E-state index in [-0.39, 0.29) is 10.6 Å². The summed E-state index contributed by atoms with van der Waals surface area (Å²) >= 11 is 0. The van der Waals surface area contributed by atoms with Gasteiger partial charge < -0.3 is 10.5 Å². The summed E-state index contributed by atoms with van der Waals surface area (Å²) in [4.78, 5) is -0.220. The molecule has 1 rings (SSSR count). The van der Waals surface area contributed by atoms with Gasteiger partial charge in [-0.05, 0) is 18.6 Å². The second kappa shape index (κ2) is 4.50.